The third-order valence-electron chi connectivity index (χ3n) is 2.99. The highest BCUT2D eigenvalue weighted by Gasteiger charge is 2.33. The van der Waals surface area contributed by atoms with Crippen molar-refractivity contribution >= 4 is 40.4 Å². The average Bonchev–Trinajstić information content (AvgIpc) is 2.95. The second-order valence-electron chi connectivity index (χ2n) is 4.18. The summed E-state index contributed by atoms with van der Waals surface area (Å²) in [5, 5.41) is 16.3. The Morgan fingerprint density at radius 3 is 2.81 bits per heavy atom. The number of para-hydroxylation sites is 2. The van der Waals surface area contributed by atoms with Crippen LogP contribution in [0.1, 0.15) is 9.67 Å². The number of hydrogen-bond acceptors (Lipinski definition) is 6. The Morgan fingerprint density at radius 2 is 2.05 bits per heavy atom. The largest absolute Gasteiger partial charge is 0.465 e. The lowest BCUT2D eigenvalue weighted by atomic mass is 10.2. The number of carbonyl (C=O) groups excluding carboxylic acids is 2. The summed E-state index contributed by atoms with van der Waals surface area (Å²) in [6.45, 7) is 0. The minimum atomic E-state index is -0.570. The second kappa shape index (κ2) is 5.08. The van der Waals surface area contributed by atoms with Crippen LogP contribution in [0.3, 0.4) is 0 Å². The molecule has 2 heterocycles. The maximum atomic E-state index is 12.2. The number of carbonyl (C=O) groups is 2. The van der Waals surface area contributed by atoms with Gasteiger partial charge in [-0.05, 0) is 23.6 Å². The van der Waals surface area contributed by atoms with Gasteiger partial charge in [0.2, 0.25) is 0 Å². The fraction of sp³-hybridized carbons (Fsp3) is 0.0769. The van der Waals surface area contributed by atoms with Gasteiger partial charge in [0.15, 0.2) is 0 Å². The molecule has 2 amide bonds. The predicted molar refractivity (Wildman–Crippen MR) is 77.9 cm³/mol. The van der Waals surface area contributed by atoms with E-state index in [-0.39, 0.29) is 10.6 Å². The van der Waals surface area contributed by atoms with Gasteiger partial charge in [-0.15, -0.1) is 11.3 Å². The van der Waals surface area contributed by atoms with E-state index in [1.54, 1.807) is 35.7 Å². The van der Waals surface area contributed by atoms with Crippen LogP contribution >= 0.6 is 11.3 Å². The molecule has 0 fully saturated rings. The first-order chi connectivity index (χ1) is 10.1. The molecule has 1 aromatic heterocycles. The van der Waals surface area contributed by atoms with Crippen LogP contribution in [0.2, 0.25) is 0 Å². The summed E-state index contributed by atoms with van der Waals surface area (Å²) in [6, 6.07) is 7.78. The van der Waals surface area contributed by atoms with Crippen molar-refractivity contribution in [1.29, 1.82) is 0 Å². The highest BCUT2D eigenvalue weighted by molar-refractivity contribution is 7.12. The lowest BCUT2D eigenvalue weighted by molar-refractivity contribution is 0.0607. The quantitative estimate of drug-likeness (QED) is 0.834. The van der Waals surface area contributed by atoms with Crippen LogP contribution in [0, 0.1) is 0 Å². The van der Waals surface area contributed by atoms with E-state index in [4.69, 9.17) is 0 Å². The highest BCUT2D eigenvalue weighted by Crippen LogP contribution is 2.36. The molecule has 1 aliphatic rings. The van der Waals surface area contributed by atoms with Gasteiger partial charge >= 0.3 is 12.0 Å². The number of hydrogen-bond donors (Lipinski definition) is 2. The van der Waals surface area contributed by atoms with E-state index >= 15 is 0 Å². The molecule has 7 nitrogen and oxygen atoms in total. The number of rotatable bonds is 2. The Balaban J connectivity index is 2.06. The minimum Gasteiger partial charge on any atom is -0.465 e. The Morgan fingerprint density at radius 1 is 1.29 bits per heavy atom. The van der Waals surface area contributed by atoms with Gasteiger partial charge in [-0.3, -0.25) is 5.21 Å². The number of methoxy groups -OCH3 is 1. The molecule has 8 heteroatoms. The molecule has 3 rings (SSSR count). The zero-order valence-corrected chi connectivity index (χ0v) is 11.8. The third-order valence-corrected chi connectivity index (χ3v) is 3.87. The van der Waals surface area contributed by atoms with Crippen LogP contribution in [0.4, 0.5) is 21.9 Å². The van der Waals surface area contributed by atoms with Crippen molar-refractivity contribution in [1.82, 2.24) is 0 Å². The number of nitrogens with one attached hydrogen (secondary N) is 1. The summed E-state index contributed by atoms with van der Waals surface area (Å²) in [5.74, 6) is -0.569. The number of ether oxygens (including phenoxy) is 1. The molecule has 108 valence electrons. The monoisotopic (exact) mass is 305 g/mol. The van der Waals surface area contributed by atoms with Gasteiger partial charge in [-0.2, -0.15) is 10.2 Å². The Kier molecular flexibility index (Phi) is 3.24. The van der Waals surface area contributed by atoms with E-state index in [0.29, 0.717) is 16.5 Å². The van der Waals surface area contributed by atoms with Crippen LogP contribution in [0.5, 0.6) is 0 Å². The molecule has 1 aromatic carbocycles. The first kappa shape index (κ1) is 13.4. The molecule has 21 heavy (non-hydrogen) atoms. The van der Waals surface area contributed by atoms with Crippen LogP contribution in [-0.2, 0) is 4.74 Å². The van der Waals surface area contributed by atoms with Crippen molar-refractivity contribution in [2.75, 3.05) is 22.6 Å². The van der Waals surface area contributed by atoms with Crippen molar-refractivity contribution in [3.63, 3.8) is 0 Å². The lowest BCUT2D eigenvalue weighted by Gasteiger charge is -2.35. The molecule has 0 radical (unpaired) electrons. The standard InChI is InChI=1S/C13H11N3O4S/c1-20-12(17)11-10(6-7-21-11)15-13(18)14-8-4-2-3-5-9(8)16(15)19/h2-7,19H,1H3,(H,14,18). The summed E-state index contributed by atoms with van der Waals surface area (Å²) in [4.78, 5) is 24.1. The van der Waals surface area contributed by atoms with E-state index in [1.165, 1.54) is 7.11 Å². The van der Waals surface area contributed by atoms with Crippen molar-refractivity contribution < 1.29 is 19.5 Å². The van der Waals surface area contributed by atoms with Crippen molar-refractivity contribution in [2.24, 2.45) is 0 Å². The summed E-state index contributed by atoms with van der Waals surface area (Å²) in [6.07, 6.45) is 0. The molecule has 0 spiro atoms. The van der Waals surface area contributed by atoms with E-state index < -0.39 is 12.0 Å². The number of hydrazine groups is 1. The molecule has 0 bridgehead atoms. The van der Waals surface area contributed by atoms with Crippen LogP contribution < -0.4 is 15.5 Å². The molecular formula is C13H11N3O4S. The van der Waals surface area contributed by atoms with Crippen LogP contribution in [0.25, 0.3) is 0 Å². The first-order valence-corrected chi connectivity index (χ1v) is 6.86. The fourth-order valence-electron chi connectivity index (χ4n) is 2.04. The minimum absolute atomic E-state index is 0.228. The first-order valence-electron chi connectivity index (χ1n) is 5.98. The van der Waals surface area contributed by atoms with Crippen molar-refractivity contribution in [3.05, 3.63) is 40.6 Å². The second-order valence-corrected chi connectivity index (χ2v) is 5.09. The average molecular weight is 305 g/mol. The molecule has 1 aliphatic heterocycles. The SMILES string of the molecule is COC(=O)c1sccc1N1C(=O)Nc2ccccc2N1O. The molecule has 0 atom stereocenters. The number of fused-ring (bicyclic) bond motifs is 1. The topological polar surface area (TPSA) is 82.1 Å². The van der Waals surface area contributed by atoms with E-state index in [0.717, 1.165) is 16.3 Å². The van der Waals surface area contributed by atoms with E-state index in [9.17, 15) is 14.8 Å². The normalized spacial score (nSPS) is 13.7. The smallest absolute Gasteiger partial charge is 0.350 e. The lowest BCUT2D eigenvalue weighted by Crippen LogP contribution is -2.51. The Labute approximate surface area is 123 Å². The fourth-order valence-corrected chi connectivity index (χ4v) is 2.83. The van der Waals surface area contributed by atoms with Gasteiger partial charge in [0, 0.05) is 0 Å². The number of thiophene rings is 1. The van der Waals surface area contributed by atoms with Crippen molar-refractivity contribution in [2.45, 2.75) is 0 Å². The number of anilines is 3. The number of amides is 2. The number of esters is 1. The number of benzene rings is 1. The Bertz CT molecular complexity index is 715. The molecule has 0 aliphatic carbocycles. The molecular weight excluding hydrogens is 294 g/mol. The predicted octanol–water partition coefficient (Wildman–Crippen LogP) is 2.70. The summed E-state index contributed by atoms with van der Waals surface area (Å²) in [7, 11) is 1.26. The third kappa shape index (κ3) is 2.10. The Hall–Kier alpha value is -2.58. The van der Waals surface area contributed by atoms with E-state index in [1.807, 2.05) is 0 Å². The highest BCUT2D eigenvalue weighted by atomic mass is 32.1. The molecule has 0 saturated heterocycles. The molecule has 0 unspecified atom stereocenters. The number of urea groups is 1. The van der Waals surface area contributed by atoms with Crippen LogP contribution in [0.15, 0.2) is 35.7 Å². The van der Waals surface area contributed by atoms with Gasteiger partial charge in [-0.1, -0.05) is 12.1 Å². The molecule has 2 N–H and O–H groups in total. The summed E-state index contributed by atoms with van der Waals surface area (Å²) >= 11 is 1.13. The zero-order valence-electron chi connectivity index (χ0n) is 10.9. The van der Waals surface area contributed by atoms with Gasteiger partial charge < -0.3 is 10.1 Å². The van der Waals surface area contributed by atoms with Crippen molar-refractivity contribution in [3.8, 4) is 0 Å². The van der Waals surface area contributed by atoms with Gasteiger partial charge in [0.25, 0.3) is 0 Å². The molecule has 2 aromatic rings. The van der Waals surface area contributed by atoms with E-state index in [2.05, 4.69) is 10.1 Å². The van der Waals surface area contributed by atoms with Crippen LogP contribution in [-0.4, -0.2) is 24.3 Å². The maximum Gasteiger partial charge on any atom is 0.350 e. The van der Waals surface area contributed by atoms with Gasteiger partial charge in [-0.25, -0.2) is 9.59 Å². The molecule has 0 saturated carbocycles. The summed E-state index contributed by atoms with van der Waals surface area (Å²) < 4.78 is 4.68. The number of nitrogens with zero attached hydrogens (tertiary/aromatic N) is 2. The van der Waals surface area contributed by atoms with Gasteiger partial charge in [0.05, 0.1) is 18.5 Å². The van der Waals surface area contributed by atoms with Gasteiger partial charge in [0.1, 0.15) is 10.6 Å². The zero-order chi connectivity index (χ0) is 15.0. The summed E-state index contributed by atoms with van der Waals surface area (Å²) in [5.41, 5.74) is 1.14. The maximum absolute atomic E-state index is 12.2.